The molecule has 0 spiro atoms. The van der Waals surface area contributed by atoms with Crippen LogP contribution < -0.4 is 9.64 Å². The first-order valence-corrected chi connectivity index (χ1v) is 12.1. The van der Waals surface area contributed by atoms with Crippen molar-refractivity contribution in [2.75, 3.05) is 18.1 Å². The minimum Gasteiger partial charge on any atom is -0.493 e. The van der Waals surface area contributed by atoms with E-state index in [4.69, 9.17) is 9.72 Å². The summed E-state index contributed by atoms with van der Waals surface area (Å²) in [6.45, 7) is 4.13. The summed E-state index contributed by atoms with van der Waals surface area (Å²) in [5.74, 6) is 2.12. The van der Waals surface area contributed by atoms with Gasteiger partial charge in [0.05, 0.1) is 17.6 Å². The Morgan fingerprint density at radius 2 is 1.79 bits per heavy atom. The summed E-state index contributed by atoms with van der Waals surface area (Å²) in [6.07, 6.45) is 1.33. The SMILES string of the molecule is Cc1ccccc1OCCCn1c(C2CC(=O)N(c3ccc(Br)cc3)C2)nc2ccccc21. The Labute approximate surface area is 202 Å². The Kier molecular flexibility index (Phi) is 6.18. The Bertz CT molecular complexity index is 1280. The highest BCUT2D eigenvalue weighted by Gasteiger charge is 2.34. The van der Waals surface area contributed by atoms with E-state index in [0.29, 0.717) is 19.6 Å². The summed E-state index contributed by atoms with van der Waals surface area (Å²) in [5, 5.41) is 0. The van der Waals surface area contributed by atoms with Gasteiger partial charge in [0.25, 0.3) is 0 Å². The van der Waals surface area contributed by atoms with Crippen molar-refractivity contribution >= 4 is 38.6 Å². The smallest absolute Gasteiger partial charge is 0.227 e. The van der Waals surface area contributed by atoms with Gasteiger partial charge in [-0.15, -0.1) is 0 Å². The maximum absolute atomic E-state index is 12.9. The van der Waals surface area contributed by atoms with Gasteiger partial charge in [0.15, 0.2) is 0 Å². The van der Waals surface area contributed by atoms with E-state index >= 15 is 0 Å². The van der Waals surface area contributed by atoms with Crippen molar-refractivity contribution in [2.45, 2.75) is 32.2 Å². The topological polar surface area (TPSA) is 47.4 Å². The lowest BCUT2D eigenvalue weighted by atomic mass is 10.1. The lowest BCUT2D eigenvalue weighted by Gasteiger charge is -2.17. The van der Waals surface area contributed by atoms with E-state index in [-0.39, 0.29) is 11.8 Å². The quantitative estimate of drug-likeness (QED) is 0.286. The van der Waals surface area contributed by atoms with E-state index in [1.165, 1.54) is 0 Å². The van der Waals surface area contributed by atoms with Crippen molar-refractivity contribution in [1.29, 1.82) is 0 Å². The molecule has 4 aromatic rings. The van der Waals surface area contributed by atoms with Gasteiger partial charge in [-0.05, 0) is 61.4 Å². The molecule has 5 nitrogen and oxygen atoms in total. The first-order valence-electron chi connectivity index (χ1n) is 11.3. The molecule has 1 atom stereocenters. The third kappa shape index (κ3) is 4.53. The summed E-state index contributed by atoms with van der Waals surface area (Å²) in [7, 11) is 0. The lowest BCUT2D eigenvalue weighted by Crippen LogP contribution is -2.24. The van der Waals surface area contributed by atoms with Gasteiger partial charge < -0.3 is 14.2 Å². The highest BCUT2D eigenvalue weighted by atomic mass is 79.9. The van der Waals surface area contributed by atoms with Crippen LogP contribution in [0.2, 0.25) is 0 Å². The monoisotopic (exact) mass is 503 g/mol. The number of carbonyl (C=O) groups is 1. The second kappa shape index (κ2) is 9.40. The fourth-order valence-electron chi connectivity index (χ4n) is 4.52. The van der Waals surface area contributed by atoms with E-state index in [1.807, 2.05) is 65.6 Å². The highest BCUT2D eigenvalue weighted by molar-refractivity contribution is 9.10. The molecule has 0 bridgehead atoms. The molecular formula is C27H26BrN3O2. The molecule has 0 radical (unpaired) electrons. The molecule has 1 saturated heterocycles. The zero-order valence-electron chi connectivity index (χ0n) is 18.6. The lowest BCUT2D eigenvalue weighted by molar-refractivity contribution is -0.117. The summed E-state index contributed by atoms with van der Waals surface area (Å²) >= 11 is 3.47. The van der Waals surface area contributed by atoms with Crippen molar-refractivity contribution in [3.8, 4) is 5.75 Å². The third-order valence-electron chi connectivity index (χ3n) is 6.19. The van der Waals surface area contributed by atoms with Crippen molar-refractivity contribution in [3.05, 3.63) is 88.7 Å². The zero-order chi connectivity index (χ0) is 22.8. The van der Waals surface area contributed by atoms with E-state index < -0.39 is 0 Å². The molecule has 2 heterocycles. The van der Waals surface area contributed by atoms with Crippen molar-refractivity contribution in [1.82, 2.24) is 9.55 Å². The van der Waals surface area contributed by atoms with Gasteiger partial charge >= 0.3 is 0 Å². The molecule has 168 valence electrons. The van der Waals surface area contributed by atoms with Crippen LogP contribution in [0.3, 0.4) is 0 Å². The number of anilines is 1. The van der Waals surface area contributed by atoms with Crippen LogP contribution >= 0.6 is 15.9 Å². The summed E-state index contributed by atoms with van der Waals surface area (Å²) in [4.78, 5) is 19.7. The molecule has 0 saturated carbocycles. The number of amides is 1. The number of nitrogens with zero attached hydrogens (tertiary/aromatic N) is 3. The number of rotatable bonds is 7. The number of aromatic nitrogens is 2. The Hall–Kier alpha value is -3.12. The molecule has 33 heavy (non-hydrogen) atoms. The molecule has 3 aromatic carbocycles. The van der Waals surface area contributed by atoms with E-state index in [0.717, 1.165) is 51.3 Å². The minimum atomic E-state index is 0.0610. The number of imidazole rings is 1. The number of aryl methyl sites for hydroxylation is 2. The fourth-order valence-corrected chi connectivity index (χ4v) is 4.78. The third-order valence-corrected chi connectivity index (χ3v) is 6.72. The van der Waals surface area contributed by atoms with Gasteiger partial charge in [-0.2, -0.15) is 0 Å². The van der Waals surface area contributed by atoms with Gasteiger partial charge in [0.1, 0.15) is 11.6 Å². The van der Waals surface area contributed by atoms with Crippen LogP contribution in [-0.2, 0) is 11.3 Å². The van der Waals surface area contributed by atoms with Crippen LogP contribution in [0.25, 0.3) is 11.0 Å². The summed E-state index contributed by atoms with van der Waals surface area (Å²) in [6, 6.07) is 24.2. The zero-order valence-corrected chi connectivity index (χ0v) is 20.2. The number of hydrogen-bond acceptors (Lipinski definition) is 3. The highest BCUT2D eigenvalue weighted by Crippen LogP contribution is 2.33. The van der Waals surface area contributed by atoms with Crippen molar-refractivity contribution < 1.29 is 9.53 Å². The molecule has 6 heteroatoms. The number of benzene rings is 3. The summed E-state index contributed by atoms with van der Waals surface area (Å²) < 4.78 is 9.30. The predicted molar refractivity (Wildman–Crippen MR) is 135 cm³/mol. The normalized spacial score (nSPS) is 16.0. The van der Waals surface area contributed by atoms with Crippen LogP contribution in [0.4, 0.5) is 5.69 Å². The van der Waals surface area contributed by atoms with Gasteiger partial charge in [-0.1, -0.05) is 46.3 Å². The van der Waals surface area contributed by atoms with Crippen LogP contribution in [-0.4, -0.2) is 28.6 Å². The second-order valence-corrected chi connectivity index (χ2v) is 9.38. The van der Waals surface area contributed by atoms with Gasteiger partial charge in [0.2, 0.25) is 5.91 Å². The predicted octanol–water partition coefficient (Wildman–Crippen LogP) is 6.10. The van der Waals surface area contributed by atoms with Crippen LogP contribution in [0.15, 0.2) is 77.3 Å². The number of fused-ring (bicyclic) bond motifs is 1. The standard InChI is InChI=1S/C27H26BrN3O2/c1-19-7-2-5-10-25(19)33-16-6-15-30-24-9-4-3-8-23(24)29-27(30)20-17-26(32)31(18-20)22-13-11-21(28)12-14-22/h2-5,7-14,20H,6,15-18H2,1H3. The maximum atomic E-state index is 12.9. The molecule has 1 aliphatic rings. The molecule has 1 aromatic heterocycles. The number of hydrogen-bond donors (Lipinski definition) is 0. The minimum absolute atomic E-state index is 0.0610. The summed E-state index contributed by atoms with van der Waals surface area (Å²) in [5.41, 5.74) is 4.16. The number of para-hydroxylation sites is 3. The van der Waals surface area contributed by atoms with E-state index in [1.54, 1.807) is 0 Å². The largest absolute Gasteiger partial charge is 0.493 e. The molecule has 1 amide bonds. The number of carbonyl (C=O) groups excluding carboxylic acids is 1. The van der Waals surface area contributed by atoms with E-state index in [9.17, 15) is 4.79 Å². The Balaban J connectivity index is 1.35. The number of ether oxygens (including phenoxy) is 1. The van der Waals surface area contributed by atoms with Crippen LogP contribution in [0, 0.1) is 6.92 Å². The maximum Gasteiger partial charge on any atom is 0.227 e. The van der Waals surface area contributed by atoms with Gasteiger partial charge in [-0.25, -0.2) is 4.98 Å². The van der Waals surface area contributed by atoms with E-state index in [2.05, 4.69) is 39.6 Å². The Morgan fingerprint density at radius 3 is 2.61 bits per heavy atom. The van der Waals surface area contributed by atoms with Crippen LogP contribution in [0.5, 0.6) is 5.75 Å². The molecule has 0 N–H and O–H groups in total. The van der Waals surface area contributed by atoms with Crippen LogP contribution in [0.1, 0.15) is 30.1 Å². The van der Waals surface area contributed by atoms with Crippen molar-refractivity contribution in [3.63, 3.8) is 0 Å². The average Bonchev–Trinajstić information content (AvgIpc) is 3.39. The molecular weight excluding hydrogens is 478 g/mol. The molecule has 1 unspecified atom stereocenters. The van der Waals surface area contributed by atoms with Crippen molar-refractivity contribution in [2.24, 2.45) is 0 Å². The first kappa shape index (κ1) is 21.7. The van der Waals surface area contributed by atoms with Gasteiger partial charge in [-0.3, -0.25) is 4.79 Å². The molecule has 1 aliphatic heterocycles. The van der Waals surface area contributed by atoms with Gasteiger partial charge in [0, 0.05) is 35.6 Å². The average molecular weight is 504 g/mol. The molecule has 5 rings (SSSR count). The Morgan fingerprint density at radius 1 is 1.03 bits per heavy atom. The molecule has 0 aliphatic carbocycles. The molecule has 1 fully saturated rings. The second-order valence-electron chi connectivity index (χ2n) is 8.46. The fraction of sp³-hybridized carbons (Fsp3) is 0.259. The number of halogens is 1. The first-order chi connectivity index (χ1) is 16.1.